The van der Waals surface area contributed by atoms with Gasteiger partial charge in [0.1, 0.15) is 0 Å². The van der Waals surface area contributed by atoms with E-state index in [4.69, 9.17) is 16.9 Å². The van der Waals surface area contributed by atoms with Crippen molar-refractivity contribution in [3.05, 3.63) is 58.6 Å². The zero-order valence-electron chi connectivity index (χ0n) is 8.87. The maximum Gasteiger partial charge on any atom is 0.0991 e. The van der Waals surface area contributed by atoms with Crippen LogP contribution < -0.4 is 0 Å². The van der Waals surface area contributed by atoms with E-state index in [2.05, 4.69) is 6.07 Å². The molecule has 0 N–H and O–H groups in total. The maximum atomic E-state index is 8.72. The van der Waals surface area contributed by atoms with Crippen LogP contribution in [0, 0.1) is 18.3 Å². The fourth-order valence-electron chi connectivity index (χ4n) is 1.68. The van der Waals surface area contributed by atoms with Gasteiger partial charge in [-0.05, 0) is 47.9 Å². The fourth-order valence-corrected chi connectivity index (χ4v) is 1.90. The smallest absolute Gasteiger partial charge is 0.0991 e. The molecule has 2 rings (SSSR count). The normalized spacial score (nSPS) is 9.81. The second kappa shape index (κ2) is 4.38. The van der Waals surface area contributed by atoms with Gasteiger partial charge >= 0.3 is 0 Å². The van der Waals surface area contributed by atoms with Crippen LogP contribution in [0.25, 0.3) is 11.1 Å². The number of aryl methyl sites for hydroxylation is 1. The van der Waals surface area contributed by atoms with E-state index in [0.717, 1.165) is 21.7 Å². The molecular weight excluding hydrogens is 218 g/mol. The van der Waals surface area contributed by atoms with Crippen molar-refractivity contribution in [1.29, 1.82) is 5.26 Å². The van der Waals surface area contributed by atoms with Gasteiger partial charge in [-0.2, -0.15) is 5.26 Å². The van der Waals surface area contributed by atoms with E-state index in [-0.39, 0.29) is 0 Å². The Morgan fingerprint density at radius 2 is 1.75 bits per heavy atom. The number of rotatable bonds is 1. The summed E-state index contributed by atoms with van der Waals surface area (Å²) in [5, 5.41) is 9.47. The van der Waals surface area contributed by atoms with Gasteiger partial charge in [0.2, 0.25) is 0 Å². The Labute approximate surface area is 99.9 Å². The van der Waals surface area contributed by atoms with Crippen LogP contribution in [-0.2, 0) is 0 Å². The Kier molecular flexibility index (Phi) is 2.94. The molecule has 2 aromatic carbocycles. The first-order valence-electron chi connectivity index (χ1n) is 4.97. The third-order valence-electron chi connectivity index (χ3n) is 2.51. The molecule has 0 aliphatic rings. The molecule has 2 heteroatoms. The molecule has 0 bridgehead atoms. The van der Waals surface area contributed by atoms with Crippen LogP contribution in [0.3, 0.4) is 0 Å². The molecule has 0 aromatic heterocycles. The maximum absolute atomic E-state index is 8.72. The van der Waals surface area contributed by atoms with Crippen LogP contribution in [0.2, 0.25) is 5.02 Å². The first kappa shape index (κ1) is 10.7. The lowest BCUT2D eigenvalue weighted by molar-refractivity contribution is 1.44. The molecule has 0 fully saturated rings. The summed E-state index contributed by atoms with van der Waals surface area (Å²) < 4.78 is 0. The summed E-state index contributed by atoms with van der Waals surface area (Å²) in [6.45, 7) is 2.03. The Morgan fingerprint density at radius 1 is 1.06 bits per heavy atom. The zero-order chi connectivity index (χ0) is 11.5. The minimum atomic E-state index is 0.676. The van der Waals surface area contributed by atoms with Gasteiger partial charge in [-0.15, -0.1) is 0 Å². The Balaban J connectivity index is 2.47. The Hall–Kier alpha value is -1.78. The highest BCUT2D eigenvalue weighted by atomic mass is 35.5. The highest BCUT2D eigenvalue weighted by Crippen LogP contribution is 2.25. The molecule has 0 spiro atoms. The third-order valence-corrected chi connectivity index (χ3v) is 2.75. The lowest BCUT2D eigenvalue weighted by Crippen LogP contribution is -1.83. The Morgan fingerprint density at radius 3 is 2.31 bits per heavy atom. The molecule has 0 saturated carbocycles. The van der Waals surface area contributed by atoms with Gasteiger partial charge < -0.3 is 0 Å². The van der Waals surface area contributed by atoms with Gasteiger partial charge in [0, 0.05) is 5.02 Å². The van der Waals surface area contributed by atoms with Crippen molar-refractivity contribution >= 4 is 11.6 Å². The summed E-state index contributed by atoms with van der Waals surface area (Å²) in [7, 11) is 0. The average molecular weight is 228 g/mol. The average Bonchev–Trinajstić information content (AvgIpc) is 2.29. The number of benzene rings is 2. The predicted molar refractivity (Wildman–Crippen MR) is 66.3 cm³/mol. The highest BCUT2D eigenvalue weighted by Gasteiger charge is 2.02. The monoisotopic (exact) mass is 227 g/mol. The van der Waals surface area contributed by atoms with Crippen molar-refractivity contribution in [2.24, 2.45) is 0 Å². The lowest BCUT2D eigenvalue weighted by atomic mass is 10.00. The highest BCUT2D eigenvalue weighted by molar-refractivity contribution is 6.30. The second-order valence-electron chi connectivity index (χ2n) is 3.65. The van der Waals surface area contributed by atoms with Crippen molar-refractivity contribution in [1.82, 2.24) is 0 Å². The van der Waals surface area contributed by atoms with E-state index in [9.17, 15) is 0 Å². The molecule has 0 saturated heterocycles. The molecule has 0 heterocycles. The predicted octanol–water partition coefficient (Wildman–Crippen LogP) is 4.19. The molecule has 0 aliphatic heterocycles. The van der Waals surface area contributed by atoms with E-state index in [1.54, 1.807) is 0 Å². The van der Waals surface area contributed by atoms with E-state index in [0.29, 0.717) is 5.56 Å². The summed E-state index contributed by atoms with van der Waals surface area (Å²) in [5.41, 5.74) is 4.06. The van der Waals surface area contributed by atoms with Gasteiger partial charge in [-0.25, -0.2) is 0 Å². The van der Waals surface area contributed by atoms with E-state index < -0.39 is 0 Å². The molecule has 0 amide bonds. The molecular formula is C14H10ClN. The molecule has 1 nitrogen and oxygen atoms in total. The number of hydrogen-bond donors (Lipinski definition) is 0. The minimum absolute atomic E-state index is 0.676. The SMILES string of the molecule is Cc1cc(Cl)ccc1-c1ccc(C#N)cc1. The third kappa shape index (κ3) is 2.08. The van der Waals surface area contributed by atoms with Gasteiger partial charge in [0.25, 0.3) is 0 Å². The van der Waals surface area contributed by atoms with Gasteiger partial charge in [0.15, 0.2) is 0 Å². The number of nitrogens with zero attached hydrogens (tertiary/aromatic N) is 1. The molecule has 0 aliphatic carbocycles. The van der Waals surface area contributed by atoms with Crippen LogP contribution in [0.1, 0.15) is 11.1 Å². The summed E-state index contributed by atoms with van der Waals surface area (Å²) in [5.74, 6) is 0. The van der Waals surface area contributed by atoms with Crippen LogP contribution in [0.15, 0.2) is 42.5 Å². The molecule has 2 aromatic rings. The summed E-state index contributed by atoms with van der Waals surface area (Å²) in [4.78, 5) is 0. The molecule has 16 heavy (non-hydrogen) atoms. The number of nitriles is 1. The van der Waals surface area contributed by atoms with Crippen molar-refractivity contribution in [2.75, 3.05) is 0 Å². The first-order chi connectivity index (χ1) is 7.70. The molecule has 0 unspecified atom stereocenters. The number of halogens is 1. The van der Waals surface area contributed by atoms with Crippen molar-refractivity contribution < 1.29 is 0 Å². The molecule has 0 atom stereocenters. The molecule has 0 radical (unpaired) electrons. The minimum Gasteiger partial charge on any atom is -0.192 e. The zero-order valence-corrected chi connectivity index (χ0v) is 9.62. The van der Waals surface area contributed by atoms with E-state index in [1.165, 1.54) is 0 Å². The second-order valence-corrected chi connectivity index (χ2v) is 4.08. The Bertz CT molecular complexity index is 550. The van der Waals surface area contributed by atoms with Gasteiger partial charge in [-0.3, -0.25) is 0 Å². The largest absolute Gasteiger partial charge is 0.192 e. The summed E-state index contributed by atoms with van der Waals surface area (Å²) >= 11 is 5.91. The van der Waals surface area contributed by atoms with E-state index >= 15 is 0 Å². The standard InChI is InChI=1S/C14H10ClN/c1-10-8-13(15)6-7-14(10)12-4-2-11(9-16)3-5-12/h2-8H,1H3. The fraction of sp³-hybridized carbons (Fsp3) is 0.0714. The van der Waals surface area contributed by atoms with Gasteiger partial charge in [-0.1, -0.05) is 29.8 Å². The number of hydrogen-bond acceptors (Lipinski definition) is 1. The lowest BCUT2D eigenvalue weighted by Gasteiger charge is -2.06. The van der Waals surface area contributed by atoms with Crippen LogP contribution in [-0.4, -0.2) is 0 Å². The summed E-state index contributed by atoms with van der Waals surface area (Å²) in [6.07, 6.45) is 0. The van der Waals surface area contributed by atoms with Crippen LogP contribution >= 0.6 is 11.6 Å². The van der Waals surface area contributed by atoms with E-state index in [1.807, 2.05) is 49.4 Å². The van der Waals surface area contributed by atoms with Crippen molar-refractivity contribution in [3.63, 3.8) is 0 Å². The quantitative estimate of drug-likeness (QED) is 0.717. The van der Waals surface area contributed by atoms with Crippen molar-refractivity contribution in [3.8, 4) is 17.2 Å². The molecule has 78 valence electrons. The van der Waals surface area contributed by atoms with Crippen LogP contribution in [0.4, 0.5) is 0 Å². The van der Waals surface area contributed by atoms with Crippen LogP contribution in [0.5, 0.6) is 0 Å². The summed E-state index contributed by atoms with van der Waals surface area (Å²) in [6, 6.07) is 15.5. The topological polar surface area (TPSA) is 23.8 Å². The first-order valence-corrected chi connectivity index (χ1v) is 5.35. The van der Waals surface area contributed by atoms with Gasteiger partial charge in [0.05, 0.1) is 11.6 Å². The van der Waals surface area contributed by atoms with Crippen molar-refractivity contribution in [2.45, 2.75) is 6.92 Å².